The summed E-state index contributed by atoms with van der Waals surface area (Å²) in [6, 6.07) is 8.71. The highest BCUT2D eigenvalue weighted by molar-refractivity contribution is 6.07. The van der Waals surface area contributed by atoms with E-state index in [4.69, 9.17) is 10.8 Å². The first-order valence-electron chi connectivity index (χ1n) is 6.74. The van der Waals surface area contributed by atoms with Crippen LogP contribution in [-0.2, 0) is 11.3 Å². The molecule has 2 heterocycles. The number of carbonyl (C=O) groups is 2. The smallest absolute Gasteiger partial charge is 0.323 e. The van der Waals surface area contributed by atoms with Gasteiger partial charge in [0.1, 0.15) is 6.54 Å². The van der Waals surface area contributed by atoms with Crippen LogP contribution in [-0.4, -0.2) is 31.7 Å². The number of nitrogens with zero attached hydrogens (tertiary/aromatic N) is 3. The number of benzene rings is 1. The molecule has 0 aliphatic carbocycles. The van der Waals surface area contributed by atoms with Gasteiger partial charge in [0.15, 0.2) is 5.82 Å². The van der Waals surface area contributed by atoms with E-state index < -0.39 is 11.9 Å². The van der Waals surface area contributed by atoms with E-state index in [2.05, 4.69) is 15.5 Å². The van der Waals surface area contributed by atoms with Gasteiger partial charge < -0.3 is 20.7 Å². The molecule has 0 radical (unpaired) electrons. The van der Waals surface area contributed by atoms with Crippen molar-refractivity contribution in [3.05, 3.63) is 48.3 Å². The van der Waals surface area contributed by atoms with Crippen molar-refractivity contribution in [1.82, 2.24) is 14.8 Å². The summed E-state index contributed by atoms with van der Waals surface area (Å²) < 4.78 is 1.48. The van der Waals surface area contributed by atoms with Crippen molar-refractivity contribution in [2.75, 3.05) is 5.32 Å². The number of anilines is 2. The van der Waals surface area contributed by atoms with E-state index in [0.717, 1.165) is 0 Å². The third-order valence-corrected chi connectivity index (χ3v) is 3.30. The fourth-order valence-corrected chi connectivity index (χ4v) is 2.36. The predicted molar refractivity (Wildman–Crippen MR) is 83.4 cm³/mol. The van der Waals surface area contributed by atoms with Crippen molar-refractivity contribution in [2.45, 2.75) is 6.54 Å². The summed E-state index contributed by atoms with van der Waals surface area (Å²) in [5.74, 6) is -1.06. The maximum atomic E-state index is 11.6. The first kappa shape index (κ1) is 14.5. The number of primary amides is 1. The van der Waals surface area contributed by atoms with Crippen LogP contribution in [0.5, 0.6) is 0 Å². The highest BCUT2D eigenvalue weighted by atomic mass is 16.4. The number of aliphatic carboxylic acids is 1. The Morgan fingerprint density at radius 1 is 1.30 bits per heavy atom. The maximum Gasteiger partial charge on any atom is 0.323 e. The summed E-state index contributed by atoms with van der Waals surface area (Å²) in [6.07, 6.45) is 3.01. The van der Waals surface area contributed by atoms with E-state index in [-0.39, 0.29) is 12.1 Å². The van der Waals surface area contributed by atoms with Crippen LogP contribution >= 0.6 is 0 Å². The molecular formula is C15H13N5O3. The number of hydrogen-bond donors (Lipinski definition) is 3. The number of fused-ring (bicyclic) bond motifs is 1. The molecule has 1 amide bonds. The van der Waals surface area contributed by atoms with Gasteiger partial charge in [0, 0.05) is 29.0 Å². The normalized spacial score (nSPS) is 10.6. The van der Waals surface area contributed by atoms with E-state index in [1.54, 1.807) is 36.5 Å². The molecule has 0 atom stereocenters. The van der Waals surface area contributed by atoms with Gasteiger partial charge in [0.05, 0.1) is 5.56 Å². The van der Waals surface area contributed by atoms with Crippen molar-refractivity contribution in [3.8, 4) is 0 Å². The molecule has 2 aromatic heterocycles. The Morgan fingerprint density at radius 2 is 2.13 bits per heavy atom. The van der Waals surface area contributed by atoms with Gasteiger partial charge >= 0.3 is 5.97 Å². The van der Waals surface area contributed by atoms with Crippen LogP contribution in [0.4, 0.5) is 11.5 Å². The Bertz CT molecular complexity index is 889. The predicted octanol–water partition coefficient (Wildman–Crippen LogP) is 1.36. The zero-order chi connectivity index (χ0) is 16.4. The molecule has 0 unspecified atom stereocenters. The molecule has 3 rings (SSSR count). The molecule has 0 spiro atoms. The summed E-state index contributed by atoms with van der Waals surface area (Å²) in [6.45, 7) is -0.249. The van der Waals surface area contributed by atoms with Crippen LogP contribution in [0.1, 0.15) is 10.4 Å². The molecule has 1 aromatic carbocycles. The van der Waals surface area contributed by atoms with E-state index in [1.807, 2.05) is 0 Å². The number of nitrogens with two attached hydrogens (primary N) is 1. The second kappa shape index (κ2) is 5.76. The number of carbonyl (C=O) groups excluding carboxylic acids is 1. The molecule has 3 aromatic rings. The van der Waals surface area contributed by atoms with Crippen LogP contribution in [0.25, 0.3) is 10.9 Å². The standard InChI is InChI=1S/C15H13N5O3/c16-15(23)11-7-20(8-14(21)22)12-4-3-9(6-10(11)12)18-13-2-1-5-17-19-13/h1-7H,8H2,(H2,16,23)(H,18,19)(H,21,22). The van der Waals surface area contributed by atoms with Gasteiger partial charge in [0.25, 0.3) is 5.91 Å². The molecular weight excluding hydrogens is 298 g/mol. The average molecular weight is 311 g/mol. The van der Waals surface area contributed by atoms with Gasteiger partial charge in [-0.05, 0) is 30.3 Å². The second-order valence-electron chi connectivity index (χ2n) is 4.89. The number of carboxylic acid groups (broad SMARTS) is 1. The lowest BCUT2D eigenvalue weighted by molar-refractivity contribution is -0.137. The largest absolute Gasteiger partial charge is 0.480 e. The van der Waals surface area contributed by atoms with Gasteiger partial charge in [-0.2, -0.15) is 5.10 Å². The SMILES string of the molecule is NC(=O)c1cn(CC(=O)O)c2ccc(Nc3cccnn3)cc12. The second-order valence-corrected chi connectivity index (χ2v) is 4.89. The third kappa shape index (κ3) is 2.95. The van der Waals surface area contributed by atoms with Gasteiger partial charge in [-0.1, -0.05) is 0 Å². The van der Waals surface area contributed by atoms with Crippen molar-refractivity contribution in [2.24, 2.45) is 5.73 Å². The highest BCUT2D eigenvalue weighted by Crippen LogP contribution is 2.26. The molecule has 0 saturated heterocycles. The van der Waals surface area contributed by atoms with E-state index >= 15 is 0 Å². The van der Waals surface area contributed by atoms with Gasteiger partial charge in [-0.3, -0.25) is 9.59 Å². The fourth-order valence-electron chi connectivity index (χ4n) is 2.36. The number of rotatable bonds is 5. The number of carboxylic acids is 1. The lowest BCUT2D eigenvalue weighted by atomic mass is 10.1. The maximum absolute atomic E-state index is 11.6. The lowest BCUT2D eigenvalue weighted by Gasteiger charge is -2.06. The first-order valence-corrected chi connectivity index (χ1v) is 6.74. The number of nitrogens with one attached hydrogen (secondary N) is 1. The summed E-state index contributed by atoms with van der Waals surface area (Å²) >= 11 is 0. The Balaban J connectivity index is 2.05. The van der Waals surface area contributed by atoms with Gasteiger partial charge in [0.2, 0.25) is 0 Å². The molecule has 8 nitrogen and oxygen atoms in total. The zero-order valence-corrected chi connectivity index (χ0v) is 11.9. The van der Waals surface area contributed by atoms with E-state index in [9.17, 15) is 9.59 Å². The lowest BCUT2D eigenvalue weighted by Crippen LogP contribution is -2.11. The quantitative estimate of drug-likeness (QED) is 0.653. The molecule has 23 heavy (non-hydrogen) atoms. The molecule has 4 N–H and O–H groups in total. The number of amides is 1. The molecule has 116 valence electrons. The van der Waals surface area contributed by atoms with Crippen molar-refractivity contribution in [3.63, 3.8) is 0 Å². The zero-order valence-electron chi connectivity index (χ0n) is 11.9. The molecule has 0 fully saturated rings. The summed E-state index contributed by atoms with van der Waals surface area (Å²) in [4.78, 5) is 22.5. The fraction of sp³-hybridized carbons (Fsp3) is 0.0667. The molecule has 0 aliphatic heterocycles. The summed E-state index contributed by atoms with van der Waals surface area (Å²) in [5, 5.41) is 20.3. The molecule has 0 saturated carbocycles. The van der Waals surface area contributed by atoms with Crippen molar-refractivity contribution in [1.29, 1.82) is 0 Å². The molecule has 8 heteroatoms. The highest BCUT2D eigenvalue weighted by Gasteiger charge is 2.15. The van der Waals surface area contributed by atoms with Crippen molar-refractivity contribution < 1.29 is 14.7 Å². The molecule has 0 aliphatic rings. The van der Waals surface area contributed by atoms with Gasteiger partial charge in [-0.15, -0.1) is 5.10 Å². The Labute approximate surface area is 130 Å². The Morgan fingerprint density at radius 3 is 2.78 bits per heavy atom. The van der Waals surface area contributed by atoms with E-state index in [0.29, 0.717) is 22.4 Å². The van der Waals surface area contributed by atoms with Gasteiger partial charge in [-0.25, -0.2) is 0 Å². The monoisotopic (exact) mass is 311 g/mol. The topological polar surface area (TPSA) is 123 Å². The Hall–Kier alpha value is -3.42. The molecule has 0 bridgehead atoms. The Kier molecular flexibility index (Phi) is 3.63. The van der Waals surface area contributed by atoms with Crippen LogP contribution in [0, 0.1) is 0 Å². The number of aromatic nitrogens is 3. The third-order valence-electron chi connectivity index (χ3n) is 3.30. The van der Waals surface area contributed by atoms with Crippen molar-refractivity contribution >= 4 is 34.3 Å². The minimum absolute atomic E-state index is 0.249. The van der Waals surface area contributed by atoms with Crippen LogP contribution in [0.15, 0.2) is 42.7 Å². The van der Waals surface area contributed by atoms with Crippen LogP contribution in [0.3, 0.4) is 0 Å². The minimum atomic E-state index is -1.00. The summed E-state index contributed by atoms with van der Waals surface area (Å²) in [5.41, 5.74) is 6.96. The van der Waals surface area contributed by atoms with Crippen LogP contribution in [0.2, 0.25) is 0 Å². The minimum Gasteiger partial charge on any atom is -0.480 e. The van der Waals surface area contributed by atoms with Crippen LogP contribution < -0.4 is 11.1 Å². The van der Waals surface area contributed by atoms with E-state index in [1.165, 1.54) is 10.8 Å². The summed E-state index contributed by atoms with van der Waals surface area (Å²) in [7, 11) is 0. The first-order chi connectivity index (χ1) is 11.0. The average Bonchev–Trinajstić information content (AvgIpc) is 2.86. The number of hydrogen-bond acceptors (Lipinski definition) is 5.